The molecule has 1 heterocycles. The number of amides is 2. The fourth-order valence-electron chi connectivity index (χ4n) is 4.90. The largest absolute Gasteiger partial charge is 0.353 e. The van der Waals surface area contributed by atoms with Crippen molar-refractivity contribution in [3.8, 4) is 0 Å². The minimum atomic E-state index is -3.92. The van der Waals surface area contributed by atoms with E-state index in [9.17, 15) is 18.0 Å². The van der Waals surface area contributed by atoms with Crippen LogP contribution in [0.15, 0.2) is 47.4 Å². The molecule has 0 radical (unpaired) electrons. The number of hydrogen-bond acceptors (Lipinski definition) is 5. The second-order valence-corrected chi connectivity index (χ2v) is 11.9. The van der Waals surface area contributed by atoms with Crippen LogP contribution in [0.5, 0.6) is 0 Å². The zero-order chi connectivity index (χ0) is 25.9. The Morgan fingerprint density at radius 2 is 1.92 bits per heavy atom. The Kier molecular flexibility index (Phi) is 8.12. The Labute approximate surface area is 213 Å². The van der Waals surface area contributed by atoms with E-state index < -0.39 is 22.0 Å². The highest BCUT2D eigenvalue weighted by atomic mass is 32.2. The van der Waals surface area contributed by atoms with Crippen molar-refractivity contribution in [2.24, 2.45) is 0 Å². The van der Waals surface area contributed by atoms with Crippen molar-refractivity contribution < 1.29 is 18.0 Å². The molecule has 0 bridgehead atoms. The highest BCUT2D eigenvalue weighted by molar-refractivity contribution is 7.89. The number of fused-ring (bicyclic) bond motifs is 1. The van der Waals surface area contributed by atoms with Crippen molar-refractivity contribution in [2.75, 3.05) is 13.1 Å². The van der Waals surface area contributed by atoms with Gasteiger partial charge in [-0.1, -0.05) is 49.7 Å². The number of nitrogens with one attached hydrogen (secondary N) is 3. The molecule has 0 unspecified atom stereocenters. The summed E-state index contributed by atoms with van der Waals surface area (Å²) >= 11 is 0. The molecule has 1 aliphatic carbocycles. The smallest absolute Gasteiger partial charge is 0.243 e. The maximum atomic E-state index is 13.3. The van der Waals surface area contributed by atoms with Gasteiger partial charge in [-0.3, -0.25) is 9.59 Å². The number of piperazine rings is 1. The van der Waals surface area contributed by atoms with Crippen LogP contribution in [-0.2, 0) is 32.6 Å². The molecular weight excluding hydrogens is 476 g/mol. The Balaban J connectivity index is 1.47. The van der Waals surface area contributed by atoms with Crippen molar-refractivity contribution in [1.82, 2.24) is 20.3 Å². The van der Waals surface area contributed by atoms with Gasteiger partial charge < -0.3 is 16.0 Å². The van der Waals surface area contributed by atoms with Gasteiger partial charge in [0.2, 0.25) is 21.8 Å². The Morgan fingerprint density at radius 3 is 2.64 bits per heavy atom. The summed E-state index contributed by atoms with van der Waals surface area (Å²) in [5, 5.41) is 9.22. The van der Waals surface area contributed by atoms with Crippen LogP contribution in [0.2, 0.25) is 0 Å². The lowest BCUT2D eigenvalue weighted by molar-refractivity contribution is -0.132. The molecule has 36 heavy (non-hydrogen) atoms. The molecule has 1 saturated heterocycles. The van der Waals surface area contributed by atoms with Gasteiger partial charge in [-0.15, -0.1) is 0 Å². The second kappa shape index (κ2) is 11.1. The first-order valence-electron chi connectivity index (χ1n) is 12.7. The monoisotopic (exact) mass is 512 g/mol. The SMILES string of the molecule is Cc1ccc(S(=O)(=O)N2CCNC(=O)[C@H]2CC(=O)N[C@@H]2CCCc3cc(CNC(C)C)ccc32)cc1. The molecule has 4 rings (SSSR count). The van der Waals surface area contributed by atoms with Gasteiger partial charge in [0.15, 0.2) is 0 Å². The summed E-state index contributed by atoms with van der Waals surface area (Å²) < 4.78 is 27.8. The van der Waals surface area contributed by atoms with Crippen molar-refractivity contribution >= 4 is 21.8 Å². The number of aryl methyl sites for hydroxylation is 2. The fourth-order valence-corrected chi connectivity index (χ4v) is 6.49. The van der Waals surface area contributed by atoms with Crippen LogP contribution < -0.4 is 16.0 Å². The number of nitrogens with zero attached hydrogens (tertiary/aromatic N) is 1. The molecule has 2 aromatic carbocycles. The molecule has 2 aliphatic rings. The number of carbonyl (C=O) groups excluding carboxylic acids is 2. The summed E-state index contributed by atoms with van der Waals surface area (Å²) in [5.41, 5.74) is 4.48. The first kappa shape index (κ1) is 26.3. The number of carbonyl (C=O) groups is 2. The van der Waals surface area contributed by atoms with Crippen LogP contribution in [0.3, 0.4) is 0 Å². The molecule has 2 amide bonds. The zero-order valence-electron chi connectivity index (χ0n) is 21.2. The van der Waals surface area contributed by atoms with Crippen LogP contribution in [0, 0.1) is 6.92 Å². The molecule has 0 aromatic heterocycles. The lowest BCUT2D eigenvalue weighted by atomic mass is 9.86. The van der Waals surface area contributed by atoms with E-state index in [1.165, 1.54) is 27.6 Å². The van der Waals surface area contributed by atoms with E-state index in [4.69, 9.17) is 0 Å². The van der Waals surface area contributed by atoms with Crippen molar-refractivity contribution in [1.29, 1.82) is 0 Å². The van der Waals surface area contributed by atoms with E-state index in [2.05, 4.69) is 48.0 Å². The lowest BCUT2D eigenvalue weighted by Crippen LogP contribution is -2.58. The molecule has 9 heteroatoms. The Hall–Kier alpha value is -2.75. The number of sulfonamides is 1. The van der Waals surface area contributed by atoms with Crippen LogP contribution >= 0.6 is 0 Å². The third-order valence-electron chi connectivity index (χ3n) is 6.86. The van der Waals surface area contributed by atoms with E-state index in [0.29, 0.717) is 6.04 Å². The maximum absolute atomic E-state index is 13.3. The van der Waals surface area contributed by atoms with Crippen LogP contribution in [0.1, 0.15) is 61.4 Å². The molecule has 0 spiro atoms. The molecule has 2 atom stereocenters. The van der Waals surface area contributed by atoms with Crippen molar-refractivity contribution in [2.45, 2.75) is 76.0 Å². The Bertz CT molecular complexity index is 1210. The number of rotatable bonds is 8. The average molecular weight is 513 g/mol. The summed E-state index contributed by atoms with van der Waals surface area (Å²) in [6, 6.07) is 12.1. The first-order valence-corrected chi connectivity index (χ1v) is 14.1. The van der Waals surface area contributed by atoms with Gasteiger partial charge in [0.25, 0.3) is 0 Å². The standard InChI is InChI=1S/C27H36N4O4S/c1-18(2)29-17-20-9-12-23-21(15-20)5-4-6-24(23)30-26(32)16-25-27(33)28-13-14-31(25)36(34,35)22-10-7-19(3)8-11-22/h7-12,15,18,24-25,29H,4-6,13-14,16-17H2,1-3H3,(H,28,33)(H,30,32)/t24-,25-/m1/s1. The second-order valence-electron chi connectivity index (χ2n) is 10.0. The Morgan fingerprint density at radius 1 is 1.17 bits per heavy atom. The van der Waals surface area contributed by atoms with Gasteiger partial charge in [0.05, 0.1) is 17.4 Å². The molecular formula is C27H36N4O4S. The van der Waals surface area contributed by atoms with Crippen LogP contribution in [-0.4, -0.2) is 49.7 Å². The van der Waals surface area contributed by atoms with Crippen molar-refractivity contribution in [3.63, 3.8) is 0 Å². The van der Waals surface area contributed by atoms with Gasteiger partial charge in [0, 0.05) is 25.7 Å². The van der Waals surface area contributed by atoms with Crippen LogP contribution in [0.25, 0.3) is 0 Å². The minimum absolute atomic E-state index is 0.122. The van der Waals surface area contributed by atoms with Gasteiger partial charge in [0.1, 0.15) is 6.04 Å². The molecule has 194 valence electrons. The molecule has 1 aliphatic heterocycles. The highest BCUT2D eigenvalue weighted by Crippen LogP contribution is 2.31. The minimum Gasteiger partial charge on any atom is -0.353 e. The molecule has 1 fully saturated rings. The van der Waals surface area contributed by atoms with Gasteiger partial charge in [-0.05, 0) is 55.0 Å². The highest BCUT2D eigenvalue weighted by Gasteiger charge is 2.40. The fraction of sp³-hybridized carbons (Fsp3) is 0.481. The van der Waals surface area contributed by atoms with Gasteiger partial charge in [-0.25, -0.2) is 8.42 Å². The van der Waals surface area contributed by atoms with E-state index in [-0.39, 0.29) is 36.4 Å². The number of benzene rings is 2. The summed E-state index contributed by atoms with van der Waals surface area (Å²) in [6.45, 7) is 7.24. The number of hydrogen-bond donors (Lipinski definition) is 3. The molecule has 2 aromatic rings. The van der Waals surface area contributed by atoms with Crippen LogP contribution in [0.4, 0.5) is 0 Å². The summed E-state index contributed by atoms with van der Waals surface area (Å²) in [5.74, 6) is -0.775. The van der Waals surface area contributed by atoms with Gasteiger partial charge >= 0.3 is 0 Å². The third-order valence-corrected chi connectivity index (χ3v) is 8.78. The van der Waals surface area contributed by atoms with Gasteiger partial charge in [-0.2, -0.15) is 4.31 Å². The van der Waals surface area contributed by atoms with Crippen molar-refractivity contribution in [3.05, 3.63) is 64.7 Å². The molecule has 3 N–H and O–H groups in total. The predicted molar refractivity (Wildman–Crippen MR) is 139 cm³/mol. The quantitative estimate of drug-likeness (QED) is 0.504. The van der Waals surface area contributed by atoms with E-state index in [1.54, 1.807) is 12.1 Å². The van der Waals surface area contributed by atoms with E-state index in [0.717, 1.165) is 36.9 Å². The summed E-state index contributed by atoms with van der Waals surface area (Å²) in [7, 11) is -3.92. The topological polar surface area (TPSA) is 108 Å². The average Bonchev–Trinajstić information content (AvgIpc) is 2.84. The van der Waals surface area contributed by atoms with E-state index in [1.807, 2.05) is 6.92 Å². The molecule has 0 saturated carbocycles. The van der Waals surface area contributed by atoms with E-state index >= 15 is 0 Å². The lowest BCUT2D eigenvalue weighted by Gasteiger charge is -2.34. The first-order chi connectivity index (χ1) is 17.1. The normalized spacial score (nSPS) is 20.6. The molecule has 8 nitrogen and oxygen atoms in total. The summed E-state index contributed by atoms with van der Waals surface area (Å²) in [4.78, 5) is 25.9. The maximum Gasteiger partial charge on any atom is 0.243 e. The third kappa shape index (κ3) is 5.96. The zero-order valence-corrected chi connectivity index (χ0v) is 22.0. The predicted octanol–water partition coefficient (Wildman–Crippen LogP) is 2.57. The summed E-state index contributed by atoms with van der Waals surface area (Å²) in [6.07, 6.45) is 2.51.